The third kappa shape index (κ3) is 1.39. The van der Waals surface area contributed by atoms with Crippen molar-refractivity contribution in [3.05, 3.63) is 30.3 Å². The van der Waals surface area contributed by atoms with Crippen LogP contribution in [0.5, 0.6) is 0 Å². The Morgan fingerprint density at radius 1 is 1.25 bits per heavy atom. The van der Waals surface area contributed by atoms with Gasteiger partial charge in [0.2, 0.25) is 0 Å². The highest BCUT2D eigenvalue weighted by Crippen LogP contribution is 2.43. The van der Waals surface area contributed by atoms with E-state index < -0.39 is 21.2 Å². The van der Waals surface area contributed by atoms with Crippen molar-refractivity contribution in [3.8, 4) is 0 Å². The van der Waals surface area contributed by atoms with Crippen LogP contribution < -0.4 is 0 Å². The predicted octanol–water partition coefficient (Wildman–Crippen LogP) is 0.361. The zero-order valence-corrected chi connectivity index (χ0v) is 9.30. The monoisotopic (exact) mass is 240 g/mol. The lowest BCUT2D eigenvalue weighted by Crippen LogP contribution is -2.34. The molecule has 1 heterocycles. The molecular formula is C11H12O4S. The molecule has 1 aliphatic heterocycles. The minimum Gasteiger partial charge on any atom is -0.392 e. The van der Waals surface area contributed by atoms with E-state index in [1.807, 2.05) is 0 Å². The number of fused-ring (bicyclic) bond motifs is 1. The van der Waals surface area contributed by atoms with Crippen molar-refractivity contribution in [2.45, 2.75) is 34.9 Å². The third-order valence-electron chi connectivity index (χ3n) is 3.23. The largest absolute Gasteiger partial charge is 0.392 e. The summed E-state index contributed by atoms with van der Waals surface area (Å²) in [4.78, 5) is 0.259. The van der Waals surface area contributed by atoms with Gasteiger partial charge < -0.3 is 9.84 Å². The average molecular weight is 240 g/mol. The van der Waals surface area contributed by atoms with Gasteiger partial charge >= 0.3 is 0 Å². The highest BCUT2D eigenvalue weighted by atomic mass is 32.2. The van der Waals surface area contributed by atoms with Crippen LogP contribution in [0.4, 0.5) is 0 Å². The molecule has 3 rings (SSSR count). The number of aliphatic hydroxyl groups is 1. The first kappa shape index (κ1) is 10.3. The van der Waals surface area contributed by atoms with Crippen molar-refractivity contribution in [2.75, 3.05) is 0 Å². The van der Waals surface area contributed by atoms with Gasteiger partial charge in [0.1, 0.15) is 11.4 Å². The molecule has 4 atom stereocenters. The van der Waals surface area contributed by atoms with Crippen LogP contribution in [0.1, 0.15) is 6.42 Å². The summed E-state index contributed by atoms with van der Waals surface area (Å²) in [7, 11) is -3.47. The maximum Gasteiger partial charge on any atom is 0.186 e. The molecule has 1 aromatic rings. The number of benzene rings is 1. The molecule has 1 aliphatic carbocycles. The second-order valence-electron chi connectivity index (χ2n) is 4.26. The highest BCUT2D eigenvalue weighted by molar-refractivity contribution is 7.92. The number of ether oxygens (including phenoxy) is 1. The summed E-state index contributed by atoms with van der Waals surface area (Å²) in [6.45, 7) is 0. The Hall–Kier alpha value is -0.910. The van der Waals surface area contributed by atoms with E-state index in [1.165, 1.54) is 0 Å². The molecule has 0 spiro atoms. The number of epoxide rings is 1. The summed E-state index contributed by atoms with van der Waals surface area (Å²) < 4.78 is 29.7. The van der Waals surface area contributed by atoms with Gasteiger partial charge in [-0.2, -0.15) is 0 Å². The van der Waals surface area contributed by atoms with Crippen LogP contribution in [0.3, 0.4) is 0 Å². The number of aliphatic hydroxyl groups excluding tert-OH is 1. The van der Waals surface area contributed by atoms with Gasteiger partial charge in [-0.3, -0.25) is 0 Å². The van der Waals surface area contributed by atoms with Crippen LogP contribution in [-0.2, 0) is 14.6 Å². The fourth-order valence-corrected chi connectivity index (χ4v) is 4.34. The second-order valence-corrected chi connectivity index (χ2v) is 6.37. The molecule has 1 saturated carbocycles. The summed E-state index contributed by atoms with van der Waals surface area (Å²) in [6, 6.07) is 8.23. The normalized spacial score (nSPS) is 37.1. The van der Waals surface area contributed by atoms with Gasteiger partial charge in [0, 0.05) is 6.42 Å². The van der Waals surface area contributed by atoms with Crippen LogP contribution >= 0.6 is 0 Å². The van der Waals surface area contributed by atoms with Crippen molar-refractivity contribution in [3.63, 3.8) is 0 Å². The van der Waals surface area contributed by atoms with E-state index in [0.717, 1.165) is 0 Å². The molecule has 0 amide bonds. The first-order valence-electron chi connectivity index (χ1n) is 5.23. The molecule has 16 heavy (non-hydrogen) atoms. The molecule has 86 valence electrons. The molecule has 1 aromatic carbocycles. The lowest BCUT2D eigenvalue weighted by Gasteiger charge is -2.17. The van der Waals surface area contributed by atoms with Crippen LogP contribution in [-0.4, -0.2) is 37.1 Å². The Bertz CT molecular complexity index is 494. The fraction of sp³-hybridized carbons (Fsp3) is 0.455. The maximum atomic E-state index is 12.2. The van der Waals surface area contributed by atoms with Crippen LogP contribution in [0.15, 0.2) is 35.2 Å². The van der Waals surface area contributed by atoms with Crippen molar-refractivity contribution >= 4 is 9.84 Å². The number of hydrogen-bond donors (Lipinski definition) is 1. The topological polar surface area (TPSA) is 66.9 Å². The molecular weight excluding hydrogens is 228 g/mol. The Balaban J connectivity index is 2.00. The SMILES string of the molecule is O=S(=O)(c1ccccc1)C1C(O)CC2OC21. The summed E-state index contributed by atoms with van der Waals surface area (Å²) in [5.74, 6) is 0. The predicted molar refractivity (Wildman–Crippen MR) is 56.7 cm³/mol. The van der Waals surface area contributed by atoms with Crippen LogP contribution in [0.25, 0.3) is 0 Å². The molecule has 1 saturated heterocycles. The fourth-order valence-electron chi connectivity index (χ4n) is 2.38. The Labute approximate surface area is 93.8 Å². The minimum atomic E-state index is -3.47. The van der Waals surface area contributed by atoms with Gasteiger partial charge in [-0.05, 0) is 12.1 Å². The number of hydrogen-bond acceptors (Lipinski definition) is 4. The molecule has 0 bridgehead atoms. The molecule has 2 aliphatic rings. The first-order chi connectivity index (χ1) is 7.60. The lowest BCUT2D eigenvalue weighted by atomic mass is 10.3. The van der Waals surface area contributed by atoms with Crippen molar-refractivity contribution < 1.29 is 18.3 Å². The van der Waals surface area contributed by atoms with E-state index in [4.69, 9.17) is 4.74 Å². The summed E-state index contributed by atoms with van der Waals surface area (Å²) in [5.41, 5.74) is 0. The van der Waals surface area contributed by atoms with Gasteiger partial charge in [0.15, 0.2) is 9.84 Å². The van der Waals surface area contributed by atoms with Crippen LogP contribution in [0, 0.1) is 0 Å². The highest BCUT2D eigenvalue weighted by Gasteiger charge is 2.60. The van der Waals surface area contributed by atoms with Gasteiger partial charge in [-0.15, -0.1) is 0 Å². The maximum absolute atomic E-state index is 12.2. The van der Waals surface area contributed by atoms with Crippen molar-refractivity contribution in [2.24, 2.45) is 0 Å². The van der Waals surface area contributed by atoms with E-state index in [9.17, 15) is 13.5 Å². The minimum absolute atomic E-state index is 0.0570. The first-order valence-corrected chi connectivity index (χ1v) is 6.78. The number of sulfone groups is 1. The smallest absolute Gasteiger partial charge is 0.186 e. The molecule has 5 heteroatoms. The zero-order valence-electron chi connectivity index (χ0n) is 8.48. The van der Waals surface area contributed by atoms with E-state index in [-0.39, 0.29) is 17.1 Å². The molecule has 0 aromatic heterocycles. The van der Waals surface area contributed by atoms with Gasteiger partial charge in [-0.1, -0.05) is 18.2 Å². The molecule has 4 nitrogen and oxygen atoms in total. The summed E-state index contributed by atoms with van der Waals surface area (Å²) in [5, 5.41) is 8.94. The lowest BCUT2D eigenvalue weighted by molar-refractivity contribution is 0.132. The Morgan fingerprint density at radius 2 is 1.94 bits per heavy atom. The molecule has 2 fully saturated rings. The second kappa shape index (κ2) is 3.29. The Kier molecular flexibility index (Phi) is 2.11. The van der Waals surface area contributed by atoms with E-state index in [1.54, 1.807) is 30.3 Å². The van der Waals surface area contributed by atoms with Gasteiger partial charge in [0.05, 0.1) is 17.1 Å². The van der Waals surface area contributed by atoms with E-state index in [2.05, 4.69) is 0 Å². The van der Waals surface area contributed by atoms with Gasteiger partial charge in [0.25, 0.3) is 0 Å². The summed E-state index contributed by atoms with van der Waals surface area (Å²) >= 11 is 0. The zero-order chi connectivity index (χ0) is 11.3. The average Bonchev–Trinajstić information content (AvgIpc) is 2.91. The van der Waals surface area contributed by atoms with Gasteiger partial charge in [-0.25, -0.2) is 8.42 Å². The standard InChI is InChI=1S/C11H12O4S/c12-8-6-9-10(15-9)11(8)16(13,14)7-4-2-1-3-5-7/h1-5,8-12H,6H2. The third-order valence-corrected chi connectivity index (χ3v) is 5.46. The molecule has 0 radical (unpaired) electrons. The molecule has 4 unspecified atom stereocenters. The van der Waals surface area contributed by atoms with Crippen molar-refractivity contribution in [1.29, 1.82) is 0 Å². The number of rotatable bonds is 2. The quantitative estimate of drug-likeness (QED) is 0.758. The van der Waals surface area contributed by atoms with E-state index >= 15 is 0 Å². The van der Waals surface area contributed by atoms with Crippen LogP contribution in [0.2, 0.25) is 0 Å². The Morgan fingerprint density at radius 3 is 2.50 bits per heavy atom. The van der Waals surface area contributed by atoms with E-state index in [0.29, 0.717) is 6.42 Å². The van der Waals surface area contributed by atoms with Crippen molar-refractivity contribution in [1.82, 2.24) is 0 Å². The molecule has 1 N–H and O–H groups in total. The summed E-state index contributed by atoms with van der Waals surface area (Å²) in [6.07, 6.45) is -0.728.